The van der Waals surface area contributed by atoms with Gasteiger partial charge in [-0.1, -0.05) is 0 Å². The van der Waals surface area contributed by atoms with E-state index in [4.69, 9.17) is 0 Å². The number of nitrogens with zero attached hydrogens (tertiary/aromatic N) is 1. The van der Waals surface area contributed by atoms with E-state index in [9.17, 15) is 9.90 Å². The van der Waals surface area contributed by atoms with Crippen LogP contribution in [0.25, 0.3) is 0 Å². The monoisotopic (exact) mass is 219 g/mol. The molecule has 0 aromatic rings. The van der Waals surface area contributed by atoms with Gasteiger partial charge >= 0.3 is 35.5 Å². The minimum Gasteiger partial charge on any atom is -0.875 e. The molecule has 1 heterocycles. The van der Waals surface area contributed by atoms with Gasteiger partial charge in [0.2, 0.25) is 0 Å². The standard InChI is InChI=1S/C10H15NO3.Na/c1-14-10(13)8-6-11(7-2-3-7)5-4-9(8)12;/h7,12H,2-6H2,1H3;/q;+1/p-1. The third kappa shape index (κ3) is 2.97. The Hall–Kier alpha value is -0.0300. The Bertz CT molecular complexity index is 286. The van der Waals surface area contributed by atoms with Crippen molar-refractivity contribution >= 4 is 5.97 Å². The van der Waals surface area contributed by atoms with Crippen LogP contribution in [0.4, 0.5) is 0 Å². The molecular weight excluding hydrogens is 205 g/mol. The summed E-state index contributed by atoms with van der Waals surface area (Å²) in [5, 5.41) is 11.4. The predicted octanol–water partition coefficient (Wildman–Crippen LogP) is -3.35. The molecule has 0 amide bonds. The second-order valence-corrected chi connectivity index (χ2v) is 3.84. The van der Waals surface area contributed by atoms with Crippen molar-refractivity contribution in [3.05, 3.63) is 11.3 Å². The van der Waals surface area contributed by atoms with Crippen molar-refractivity contribution in [2.75, 3.05) is 20.2 Å². The minimum atomic E-state index is -0.458. The molecule has 0 N–H and O–H groups in total. The quantitative estimate of drug-likeness (QED) is 0.360. The maximum Gasteiger partial charge on any atom is 1.00 e. The predicted molar refractivity (Wildman–Crippen MR) is 48.3 cm³/mol. The van der Waals surface area contributed by atoms with Gasteiger partial charge in [0.25, 0.3) is 0 Å². The Morgan fingerprint density at radius 1 is 1.53 bits per heavy atom. The van der Waals surface area contributed by atoms with Gasteiger partial charge in [-0.25, -0.2) is 4.79 Å². The normalized spacial score (nSPS) is 22.2. The van der Waals surface area contributed by atoms with Crippen molar-refractivity contribution < 1.29 is 44.2 Å². The molecule has 0 bridgehead atoms. The fourth-order valence-corrected chi connectivity index (χ4v) is 1.82. The van der Waals surface area contributed by atoms with Gasteiger partial charge in [0.05, 0.1) is 7.11 Å². The zero-order valence-electron chi connectivity index (χ0n) is 9.28. The summed E-state index contributed by atoms with van der Waals surface area (Å²) in [6.45, 7) is 1.28. The Labute approximate surface area is 112 Å². The average molecular weight is 219 g/mol. The van der Waals surface area contributed by atoms with Crippen LogP contribution in [0.5, 0.6) is 0 Å². The van der Waals surface area contributed by atoms with Crippen molar-refractivity contribution in [2.45, 2.75) is 25.3 Å². The summed E-state index contributed by atoms with van der Waals surface area (Å²) in [5.74, 6) is -0.505. The van der Waals surface area contributed by atoms with Crippen molar-refractivity contribution in [3.63, 3.8) is 0 Å². The molecule has 0 unspecified atom stereocenters. The third-order valence-electron chi connectivity index (χ3n) is 2.82. The summed E-state index contributed by atoms with van der Waals surface area (Å²) in [7, 11) is 1.32. The largest absolute Gasteiger partial charge is 1.00 e. The number of methoxy groups -OCH3 is 1. The number of rotatable bonds is 2. The molecule has 0 spiro atoms. The first-order chi connectivity index (χ1) is 6.72. The van der Waals surface area contributed by atoms with Gasteiger partial charge in [0.1, 0.15) is 0 Å². The van der Waals surface area contributed by atoms with E-state index in [1.165, 1.54) is 20.0 Å². The van der Waals surface area contributed by atoms with Gasteiger partial charge < -0.3 is 9.84 Å². The van der Waals surface area contributed by atoms with Crippen LogP contribution >= 0.6 is 0 Å². The van der Waals surface area contributed by atoms with Crippen molar-refractivity contribution in [1.29, 1.82) is 0 Å². The zero-order valence-corrected chi connectivity index (χ0v) is 11.3. The van der Waals surface area contributed by atoms with Crippen LogP contribution in [0.3, 0.4) is 0 Å². The molecule has 1 saturated carbocycles. The molecule has 15 heavy (non-hydrogen) atoms. The maximum atomic E-state index is 11.4. The molecule has 5 heteroatoms. The van der Waals surface area contributed by atoms with E-state index >= 15 is 0 Å². The maximum absolute atomic E-state index is 11.4. The molecule has 2 rings (SSSR count). The molecule has 1 fully saturated rings. The van der Waals surface area contributed by atoms with E-state index in [0.29, 0.717) is 24.6 Å². The smallest absolute Gasteiger partial charge is 0.875 e. The fourth-order valence-electron chi connectivity index (χ4n) is 1.82. The van der Waals surface area contributed by atoms with Crippen LogP contribution in [-0.2, 0) is 9.53 Å². The molecule has 1 aliphatic carbocycles. The van der Waals surface area contributed by atoms with Crippen molar-refractivity contribution in [3.8, 4) is 0 Å². The number of carbonyl (C=O) groups is 1. The molecule has 2 aliphatic rings. The summed E-state index contributed by atoms with van der Waals surface area (Å²) < 4.78 is 4.59. The van der Waals surface area contributed by atoms with Crippen LogP contribution in [-0.4, -0.2) is 37.1 Å². The second-order valence-electron chi connectivity index (χ2n) is 3.84. The van der Waals surface area contributed by atoms with Gasteiger partial charge in [-0.2, -0.15) is 0 Å². The topological polar surface area (TPSA) is 52.6 Å². The van der Waals surface area contributed by atoms with Crippen molar-refractivity contribution in [1.82, 2.24) is 4.90 Å². The third-order valence-corrected chi connectivity index (χ3v) is 2.82. The molecule has 78 valence electrons. The first-order valence-corrected chi connectivity index (χ1v) is 4.93. The summed E-state index contributed by atoms with van der Waals surface area (Å²) in [5.41, 5.74) is 0.325. The average Bonchev–Trinajstić information content (AvgIpc) is 3.01. The minimum absolute atomic E-state index is 0. The number of carbonyl (C=O) groups excluding carboxylic acids is 1. The number of hydrogen-bond acceptors (Lipinski definition) is 4. The Kier molecular flexibility index (Phi) is 4.64. The molecule has 0 aromatic carbocycles. The van der Waals surface area contributed by atoms with Crippen LogP contribution in [0.2, 0.25) is 0 Å². The molecule has 0 radical (unpaired) electrons. The Morgan fingerprint density at radius 3 is 2.73 bits per heavy atom. The molecule has 0 atom stereocenters. The fraction of sp³-hybridized carbons (Fsp3) is 0.700. The molecule has 0 aromatic heterocycles. The van der Waals surface area contributed by atoms with Crippen LogP contribution < -0.4 is 34.7 Å². The first-order valence-electron chi connectivity index (χ1n) is 4.93. The first kappa shape index (κ1) is 13.0. The van der Waals surface area contributed by atoms with E-state index in [1.54, 1.807) is 0 Å². The van der Waals surface area contributed by atoms with E-state index in [0.717, 1.165) is 6.54 Å². The second kappa shape index (κ2) is 5.34. The SMILES string of the molecule is COC(=O)C1=C([O-])CCN(C2CC2)C1.[Na+]. The zero-order chi connectivity index (χ0) is 10.1. The summed E-state index contributed by atoms with van der Waals surface area (Å²) in [6.07, 6.45) is 2.85. The van der Waals surface area contributed by atoms with Gasteiger partial charge in [-0.3, -0.25) is 4.90 Å². The Morgan fingerprint density at radius 2 is 2.20 bits per heavy atom. The summed E-state index contributed by atoms with van der Waals surface area (Å²) in [6, 6.07) is 0.600. The van der Waals surface area contributed by atoms with E-state index in [2.05, 4.69) is 9.64 Å². The Balaban J connectivity index is 0.00000112. The van der Waals surface area contributed by atoms with E-state index in [-0.39, 0.29) is 35.3 Å². The summed E-state index contributed by atoms with van der Waals surface area (Å²) >= 11 is 0. The number of ether oxygens (including phenoxy) is 1. The number of hydrogen-bond donors (Lipinski definition) is 0. The van der Waals surface area contributed by atoms with Crippen LogP contribution in [0.1, 0.15) is 19.3 Å². The van der Waals surface area contributed by atoms with Gasteiger partial charge in [-0.15, -0.1) is 5.76 Å². The van der Waals surface area contributed by atoms with E-state index < -0.39 is 5.97 Å². The van der Waals surface area contributed by atoms with Gasteiger partial charge in [0, 0.05) is 24.7 Å². The van der Waals surface area contributed by atoms with Gasteiger partial charge in [0.15, 0.2) is 0 Å². The van der Waals surface area contributed by atoms with Gasteiger partial charge in [-0.05, 0) is 19.3 Å². The number of esters is 1. The van der Waals surface area contributed by atoms with Crippen LogP contribution in [0.15, 0.2) is 11.3 Å². The molecular formula is C10H14NNaO3. The van der Waals surface area contributed by atoms with E-state index in [1.807, 2.05) is 0 Å². The summed E-state index contributed by atoms with van der Waals surface area (Å²) in [4.78, 5) is 13.5. The molecule has 4 nitrogen and oxygen atoms in total. The van der Waals surface area contributed by atoms with Crippen LogP contribution in [0, 0.1) is 0 Å². The molecule has 1 aliphatic heterocycles. The van der Waals surface area contributed by atoms with Crippen molar-refractivity contribution in [2.24, 2.45) is 0 Å². The molecule has 0 saturated heterocycles.